The standard InChI is InChI=1S/C23H25N3O3S/c1-25-12-16(13-26-8-2-7-24-23(25)26)15-4-6-20-18(11-15)22(29)17-9-14(10-21(27)28)3-5-19(17)30-20/h3-6,9,11,16,23-24H,2,7-8,10,12-13H2,1H3,(H,27,28). The number of benzene rings is 2. The zero-order valence-electron chi connectivity index (χ0n) is 16.9. The van der Waals surface area contributed by atoms with Gasteiger partial charge in [-0.05, 0) is 55.4 Å². The van der Waals surface area contributed by atoms with E-state index in [1.807, 2.05) is 6.07 Å². The summed E-state index contributed by atoms with van der Waals surface area (Å²) in [5.41, 5.74) is 1.85. The van der Waals surface area contributed by atoms with Crippen molar-refractivity contribution in [1.29, 1.82) is 0 Å². The fraction of sp³-hybridized carbons (Fsp3) is 0.391. The Hall–Kier alpha value is -2.32. The van der Waals surface area contributed by atoms with Gasteiger partial charge in [0.05, 0.1) is 6.42 Å². The first-order chi connectivity index (χ1) is 14.5. The van der Waals surface area contributed by atoms with Gasteiger partial charge in [0.2, 0.25) is 0 Å². The van der Waals surface area contributed by atoms with Crippen LogP contribution in [0.5, 0.6) is 0 Å². The molecule has 2 aliphatic heterocycles. The van der Waals surface area contributed by atoms with Gasteiger partial charge in [-0.15, -0.1) is 11.3 Å². The maximum Gasteiger partial charge on any atom is 0.307 e. The zero-order chi connectivity index (χ0) is 20.8. The smallest absolute Gasteiger partial charge is 0.307 e. The summed E-state index contributed by atoms with van der Waals surface area (Å²) in [5.74, 6) is -0.533. The molecule has 0 amide bonds. The maximum absolute atomic E-state index is 13.3. The lowest BCUT2D eigenvalue weighted by Crippen LogP contribution is -2.64. The summed E-state index contributed by atoms with van der Waals surface area (Å²) in [6, 6.07) is 11.7. The Balaban J connectivity index is 1.54. The Morgan fingerprint density at radius 1 is 1.17 bits per heavy atom. The predicted molar refractivity (Wildman–Crippen MR) is 120 cm³/mol. The van der Waals surface area contributed by atoms with Gasteiger partial charge in [0, 0.05) is 45.7 Å². The minimum absolute atomic E-state index is 0.00508. The van der Waals surface area contributed by atoms with Crippen LogP contribution in [0, 0.1) is 0 Å². The summed E-state index contributed by atoms with van der Waals surface area (Å²) in [6.45, 7) is 4.09. The first kappa shape index (κ1) is 19.6. The largest absolute Gasteiger partial charge is 0.481 e. The third-order valence-electron chi connectivity index (χ3n) is 6.26. The Bertz CT molecular complexity index is 1190. The van der Waals surface area contributed by atoms with Gasteiger partial charge in [-0.1, -0.05) is 12.1 Å². The van der Waals surface area contributed by atoms with E-state index in [0.29, 0.717) is 23.2 Å². The van der Waals surface area contributed by atoms with Gasteiger partial charge in [0.15, 0.2) is 5.43 Å². The van der Waals surface area contributed by atoms with E-state index in [1.165, 1.54) is 5.56 Å². The number of nitrogens with zero attached hydrogens (tertiary/aromatic N) is 2. The molecule has 0 radical (unpaired) electrons. The molecule has 5 rings (SSSR count). The molecule has 3 heterocycles. The first-order valence-corrected chi connectivity index (χ1v) is 11.2. The summed E-state index contributed by atoms with van der Waals surface area (Å²) < 4.78 is 1.87. The third-order valence-corrected chi connectivity index (χ3v) is 7.41. The van der Waals surface area contributed by atoms with Crippen LogP contribution in [0.3, 0.4) is 0 Å². The fourth-order valence-electron chi connectivity index (χ4n) is 4.85. The van der Waals surface area contributed by atoms with Crippen LogP contribution < -0.4 is 10.7 Å². The number of hydrogen-bond acceptors (Lipinski definition) is 6. The third kappa shape index (κ3) is 3.52. The number of aliphatic carboxylic acids is 1. The molecule has 2 aromatic carbocycles. The highest BCUT2D eigenvalue weighted by Gasteiger charge is 2.34. The van der Waals surface area contributed by atoms with Gasteiger partial charge in [-0.3, -0.25) is 24.7 Å². The number of carboxylic acids is 1. The summed E-state index contributed by atoms with van der Waals surface area (Å²) in [5, 5.41) is 14.0. The van der Waals surface area contributed by atoms with E-state index in [4.69, 9.17) is 5.11 Å². The minimum Gasteiger partial charge on any atom is -0.481 e. The van der Waals surface area contributed by atoms with Gasteiger partial charge in [-0.25, -0.2) is 0 Å². The monoisotopic (exact) mass is 423 g/mol. The molecule has 0 aliphatic carbocycles. The molecule has 2 atom stereocenters. The lowest BCUT2D eigenvalue weighted by molar-refractivity contribution is -0.136. The zero-order valence-corrected chi connectivity index (χ0v) is 17.7. The summed E-state index contributed by atoms with van der Waals surface area (Å²) >= 11 is 1.59. The molecule has 1 aromatic heterocycles. The van der Waals surface area contributed by atoms with E-state index in [9.17, 15) is 9.59 Å². The van der Waals surface area contributed by atoms with E-state index in [2.05, 4.69) is 40.4 Å². The first-order valence-electron chi connectivity index (χ1n) is 10.4. The van der Waals surface area contributed by atoms with Crippen molar-refractivity contribution in [3.8, 4) is 0 Å². The highest BCUT2D eigenvalue weighted by molar-refractivity contribution is 7.24. The molecule has 2 N–H and O–H groups in total. The molecular formula is C23H25N3O3S. The number of likely N-dealkylation sites (N-methyl/N-ethyl adjacent to an activating group) is 1. The highest BCUT2D eigenvalue weighted by atomic mass is 32.1. The Morgan fingerprint density at radius 3 is 2.73 bits per heavy atom. The average Bonchev–Trinajstić information content (AvgIpc) is 2.74. The molecule has 156 valence electrons. The van der Waals surface area contributed by atoms with Crippen molar-refractivity contribution in [2.75, 3.05) is 33.2 Å². The average molecular weight is 424 g/mol. The SMILES string of the molecule is CN1CC(c2ccc3sc4ccc(CC(=O)O)cc4c(=O)c3c2)CN2CCCNC12. The van der Waals surface area contributed by atoms with Crippen molar-refractivity contribution in [2.45, 2.75) is 25.0 Å². The molecule has 7 heteroatoms. The lowest BCUT2D eigenvalue weighted by atomic mass is 9.94. The number of carboxylic acid groups (broad SMARTS) is 1. The van der Waals surface area contributed by atoms with Gasteiger partial charge >= 0.3 is 5.97 Å². The van der Waals surface area contributed by atoms with Crippen molar-refractivity contribution < 1.29 is 9.90 Å². The number of nitrogens with one attached hydrogen (secondary N) is 1. The maximum atomic E-state index is 13.3. The van der Waals surface area contributed by atoms with E-state index < -0.39 is 5.97 Å². The van der Waals surface area contributed by atoms with Crippen LogP contribution in [0.25, 0.3) is 20.2 Å². The summed E-state index contributed by atoms with van der Waals surface area (Å²) in [6.07, 6.45) is 1.40. The van der Waals surface area contributed by atoms with Crippen molar-refractivity contribution >= 4 is 37.5 Å². The molecule has 0 saturated carbocycles. The van der Waals surface area contributed by atoms with Crippen LogP contribution in [0.2, 0.25) is 0 Å². The topological polar surface area (TPSA) is 72.9 Å². The highest BCUT2D eigenvalue weighted by Crippen LogP contribution is 2.31. The van der Waals surface area contributed by atoms with Crippen molar-refractivity contribution in [2.24, 2.45) is 0 Å². The number of fused-ring (bicyclic) bond motifs is 3. The van der Waals surface area contributed by atoms with Crippen LogP contribution in [0.1, 0.15) is 23.5 Å². The molecule has 2 unspecified atom stereocenters. The van der Waals surface area contributed by atoms with Crippen molar-refractivity contribution in [3.63, 3.8) is 0 Å². The number of rotatable bonds is 3. The quantitative estimate of drug-likeness (QED) is 0.631. The van der Waals surface area contributed by atoms with E-state index in [1.54, 1.807) is 23.5 Å². The molecule has 2 aliphatic rings. The van der Waals surface area contributed by atoms with E-state index in [-0.39, 0.29) is 11.8 Å². The summed E-state index contributed by atoms with van der Waals surface area (Å²) in [4.78, 5) is 29.2. The van der Waals surface area contributed by atoms with Gasteiger partial charge < -0.3 is 5.11 Å². The second kappa shape index (κ2) is 7.74. The Labute approximate surface area is 178 Å². The summed E-state index contributed by atoms with van der Waals surface area (Å²) in [7, 11) is 2.15. The predicted octanol–water partition coefficient (Wildman–Crippen LogP) is 2.65. The normalized spacial score (nSPS) is 23.0. The van der Waals surface area contributed by atoms with Crippen LogP contribution in [-0.2, 0) is 11.2 Å². The molecule has 30 heavy (non-hydrogen) atoms. The Morgan fingerprint density at radius 2 is 1.93 bits per heavy atom. The Kier molecular flexibility index (Phi) is 5.06. The van der Waals surface area contributed by atoms with Crippen LogP contribution >= 0.6 is 11.3 Å². The molecule has 3 aromatic rings. The van der Waals surface area contributed by atoms with Gasteiger partial charge in [-0.2, -0.15) is 0 Å². The van der Waals surface area contributed by atoms with Gasteiger partial charge in [0.1, 0.15) is 6.29 Å². The van der Waals surface area contributed by atoms with Crippen LogP contribution in [-0.4, -0.2) is 60.4 Å². The molecule has 2 fully saturated rings. The lowest BCUT2D eigenvalue weighted by Gasteiger charge is -2.48. The molecular weight excluding hydrogens is 398 g/mol. The number of hydrogen-bond donors (Lipinski definition) is 2. The number of carbonyl (C=O) groups is 1. The molecule has 6 nitrogen and oxygen atoms in total. The minimum atomic E-state index is -0.888. The van der Waals surface area contributed by atoms with Crippen LogP contribution in [0.15, 0.2) is 41.2 Å². The van der Waals surface area contributed by atoms with Gasteiger partial charge in [0.25, 0.3) is 0 Å². The van der Waals surface area contributed by atoms with E-state index >= 15 is 0 Å². The van der Waals surface area contributed by atoms with Crippen molar-refractivity contribution in [3.05, 3.63) is 57.7 Å². The molecule has 0 bridgehead atoms. The van der Waals surface area contributed by atoms with E-state index in [0.717, 1.165) is 47.4 Å². The fourth-order valence-corrected chi connectivity index (χ4v) is 5.88. The molecule has 2 saturated heterocycles. The second-order valence-corrected chi connectivity index (χ2v) is 9.48. The van der Waals surface area contributed by atoms with Crippen molar-refractivity contribution in [1.82, 2.24) is 15.1 Å². The van der Waals surface area contributed by atoms with Crippen LogP contribution in [0.4, 0.5) is 0 Å². The second-order valence-electron chi connectivity index (χ2n) is 8.40. The molecule has 0 spiro atoms.